The van der Waals surface area contributed by atoms with Crippen LogP contribution >= 0.6 is 15.9 Å². The van der Waals surface area contributed by atoms with Crippen molar-refractivity contribution in [2.45, 2.75) is 18.9 Å². The number of nitrogens with zero attached hydrogens (tertiary/aromatic N) is 2. The molecule has 0 spiro atoms. The number of nitriles is 1. The molecule has 1 fully saturated rings. The molecule has 1 unspecified atom stereocenters. The first-order valence-electron chi connectivity index (χ1n) is 6.23. The minimum atomic E-state index is 0.300. The van der Waals surface area contributed by atoms with E-state index < -0.39 is 0 Å². The predicted octanol–water partition coefficient (Wildman–Crippen LogP) is 2.63. The van der Waals surface area contributed by atoms with Crippen LogP contribution in [0.25, 0.3) is 11.0 Å². The smallest absolute Gasteiger partial charge is 0.204 e. The Morgan fingerprint density at radius 2 is 2.47 bits per heavy atom. The van der Waals surface area contributed by atoms with Gasteiger partial charge in [0, 0.05) is 24.0 Å². The van der Waals surface area contributed by atoms with E-state index in [4.69, 9.17) is 9.68 Å². The topological polar surface area (TPSA) is 73.9 Å². The lowest BCUT2D eigenvalue weighted by molar-refractivity contribution is 0.479. The Hall–Kier alpha value is -1.58. The maximum Gasteiger partial charge on any atom is 0.204 e. The molecule has 19 heavy (non-hydrogen) atoms. The maximum atomic E-state index is 8.86. The summed E-state index contributed by atoms with van der Waals surface area (Å²) in [6.45, 7) is 2.03. The fourth-order valence-corrected chi connectivity index (χ4v) is 2.83. The van der Waals surface area contributed by atoms with Crippen LogP contribution in [0.5, 0.6) is 0 Å². The highest BCUT2D eigenvalue weighted by Crippen LogP contribution is 2.32. The van der Waals surface area contributed by atoms with Crippen LogP contribution in [0.15, 0.2) is 21.2 Å². The minimum Gasteiger partial charge on any atom is -0.444 e. The van der Waals surface area contributed by atoms with Gasteiger partial charge in [-0.2, -0.15) is 5.26 Å². The monoisotopic (exact) mass is 320 g/mol. The molecule has 2 N–H and O–H groups in total. The molecule has 6 heteroatoms. The van der Waals surface area contributed by atoms with Crippen molar-refractivity contribution < 1.29 is 4.42 Å². The molecule has 2 aromatic heterocycles. The van der Waals surface area contributed by atoms with Crippen molar-refractivity contribution in [3.8, 4) is 6.07 Å². The number of aromatic nitrogens is 1. The Labute approximate surface area is 119 Å². The molecule has 0 bridgehead atoms. The second kappa shape index (κ2) is 5.19. The lowest BCUT2D eigenvalue weighted by atomic mass is 10.1. The third kappa shape index (κ3) is 2.44. The Kier molecular flexibility index (Phi) is 3.40. The van der Waals surface area contributed by atoms with Crippen molar-refractivity contribution in [3.63, 3.8) is 0 Å². The molecular formula is C13H13BrN4O. The highest BCUT2D eigenvalue weighted by molar-refractivity contribution is 9.10. The Morgan fingerprint density at radius 3 is 3.21 bits per heavy atom. The molecule has 2 aromatic rings. The van der Waals surface area contributed by atoms with E-state index in [-0.39, 0.29) is 0 Å². The van der Waals surface area contributed by atoms with Gasteiger partial charge in [-0.25, -0.2) is 4.98 Å². The zero-order valence-corrected chi connectivity index (χ0v) is 11.8. The van der Waals surface area contributed by atoms with E-state index in [9.17, 15) is 0 Å². The Balaban J connectivity index is 1.91. The van der Waals surface area contributed by atoms with E-state index in [1.165, 1.54) is 6.42 Å². The third-order valence-corrected chi connectivity index (χ3v) is 4.07. The summed E-state index contributed by atoms with van der Waals surface area (Å²) in [7, 11) is 0. The number of piperidine rings is 1. The number of nitrogens with one attached hydrogen (secondary N) is 2. The number of hydrogen-bond donors (Lipinski definition) is 2. The van der Waals surface area contributed by atoms with Gasteiger partial charge >= 0.3 is 0 Å². The summed E-state index contributed by atoms with van der Waals surface area (Å²) in [5, 5.41) is 16.5. The number of anilines is 1. The van der Waals surface area contributed by atoms with Crippen LogP contribution < -0.4 is 10.6 Å². The molecule has 1 saturated heterocycles. The molecule has 1 aliphatic heterocycles. The van der Waals surface area contributed by atoms with Crippen LogP contribution in [0.1, 0.15) is 18.6 Å². The summed E-state index contributed by atoms with van der Waals surface area (Å²) in [6.07, 6.45) is 3.95. The summed E-state index contributed by atoms with van der Waals surface area (Å²) in [4.78, 5) is 4.36. The van der Waals surface area contributed by atoms with Crippen molar-refractivity contribution in [1.29, 1.82) is 5.26 Å². The van der Waals surface area contributed by atoms with Gasteiger partial charge in [-0.05, 0) is 35.3 Å². The average Bonchev–Trinajstić information content (AvgIpc) is 2.87. The van der Waals surface area contributed by atoms with Crippen LogP contribution in [-0.2, 0) is 0 Å². The Bertz CT molecular complexity index is 640. The molecule has 0 amide bonds. The van der Waals surface area contributed by atoms with Crippen molar-refractivity contribution >= 4 is 32.7 Å². The van der Waals surface area contributed by atoms with Gasteiger partial charge in [-0.15, -0.1) is 0 Å². The summed E-state index contributed by atoms with van der Waals surface area (Å²) < 4.78 is 6.20. The lowest BCUT2D eigenvalue weighted by Gasteiger charge is -2.24. The van der Waals surface area contributed by atoms with Gasteiger partial charge < -0.3 is 15.1 Å². The predicted molar refractivity (Wildman–Crippen MR) is 75.9 cm³/mol. The average molecular weight is 321 g/mol. The molecule has 1 atom stereocenters. The van der Waals surface area contributed by atoms with E-state index >= 15 is 0 Å². The molecular weight excluding hydrogens is 308 g/mol. The third-order valence-electron chi connectivity index (χ3n) is 3.26. The molecule has 3 rings (SSSR count). The van der Waals surface area contributed by atoms with Crippen LogP contribution in [0.2, 0.25) is 0 Å². The second-order valence-corrected chi connectivity index (χ2v) is 5.40. The number of fused-ring (bicyclic) bond motifs is 1. The van der Waals surface area contributed by atoms with E-state index in [2.05, 4.69) is 31.5 Å². The highest BCUT2D eigenvalue weighted by Gasteiger charge is 2.17. The minimum absolute atomic E-state index is 0.300. The Morgan fingerprint density at radius 1 is 1.58 bits per heavy atom. The molecule has 0 radical (unpaired) electrons. The molecule has 0 aliphatic carbocycles. The molecule has 5 nitrogen and oxygen atoms in total. The van der Waals surface area contributed by atoms with Gasteiger partial charge in [0.2, 0.25) is 5.76 Å². The van der Waals surface area contributed by atoms with Crippen molar-refractivity contribution in [1.82, 2.24) is 10.3 Å². The standard InChI is InChI=1S/C13H13BrN4O/c14-12-10-4-9(5-15)19-11(10)7-17-13(12)18-8-2-1-3-16-6-8/h4,7-8,16H,1-3,6H2,(H,17,18). The molecule has 98 valence electrons. The summed E-state index contributed by atoms with van der Waals surface area (Å²) in [5.74, 6) is 1.10. The van der Waals surface area contributed by atoms with E-state index in [1.54, 1.807) is 12.3 Å². The zero-order valence-electron chi connectivity index (χ0n) is 10.2. The second-order valence-electron chi connectivity index (χ2n) is 4.61. The van der Waals surface area contributed by atoms with Crippen molar-refractivity contribution in [3.05, 3.63) is 22.5 Å². The normalized spacial score (nSPS) is 19.3. The van der Waals surface area contributed by atoms with Gasteiger partial charge in [0.1, 0.15) is 11.9 Å². The first kappa shape index (κ1) is 12.5. The van der Waals surface area contributed by atoms with Crippen LogP contribution in [0, 0.1) is 11.3 Å². The quantitative estimate of drug-likeness (QED) is 0.889. The lowest BCUT2D eigenvalue weighted by Crippen LogP contribution is -2.38. The molecule has 3 heterocycles. The largest absolute Gasteiger partial charge is 0.444 e. The highest BCUT2D eigenvalue weighted by atomic mass is 79.9. The van der Waals surface area contributed by atoms with Gasteiger partial charge in [-0.3, -0.25) is 0 Å². The SMILES string of the molecule is N#Cc1cc2c(Br)c(NC3CCCNC3)ncc2o1. The van der Waals surface area contributed by atoms with E-state index in [1.807, 2.05) is 6.07 Å². The molecule has 0 saturated carbocycles. The maximum absolute atomic E-state index is 8.86. The summed E-state index contributed by atoms with van der Waals surface area (Å²) in [5.41, 5.74) is 0.621. The summed E-state index contributed by atoms with van der Waals surface area (Å²) in [6, 6.07) is 4.11. The number of rotatable bonds is 2. The van der Waals surface area contributed by atoms with Gasteiger partial charge in [-0.1, -0.05) is 0 Å². The van der Waals surface area contributed by atoms with Crippen LogP contribution in [-0.4, -0.2) is 24.1 Å². The van der Waals surface area contributed by atoms with E-state index in [0.29, 0.717) is 17.4 Å². The van der Waals surface area contributed by atoms with Crippen LogP contribution in [0.3, 0.4) is 0 Å². The number of furan rings is 1. The van der Waals surface area contributed by atoms with Gasteiger partial charge in [0.05, 0.1) is 10.7 Å². The van der Waals surface area contributed by atoms with Crippen LogP contribution in [0.4, 0.5) is 5.82 Å². The van der Waals surface area contributed by atoms with Crippen molar-refractivity contribution in [2.75, 3.05) is 18.4 Å². The zero-order chi connectivity index (χ0) is 13.2. The fourth-order valence-electron chi connectivity index (χ4n) is 2.30. The summed E-state index contributed by atoms with van der Waals surface area (Å²) >= 11 is 3.54. The van der Waals surface area contributed by atoms with Crippen molar-refractivity contribution in [2.24, 2.45) is 0 Å². The van der Waals surface area contributed by atoms with Gasteiger partial charge in [0.25, 0.3) is 0 Å². The molecule has 0 aromatic carbocycles. The number of halogens is 1. The first-order valence-corrected chi connectivity index (χ1v) is 7.02. The first-order chi connectivity index (χ1) is 9.28. The number of hydrogen-bond acceptors (Lipinski definition) is 5. The van der Waals surface area contributed by atoms with E-state index in [0.717, 1.165) is 35.2 Å². The number of pyridine rings is 1. The molecule has 1 aliphatic rings. The van der Waals surface area contributed by atoms with Gasteiger partial charge in [0.15, 0.2) is 5.58 Å². The fraction of sp³-hybridized carbons (Fsp3) is 0.385.